The van der Waals surface area contributed by atoms with E-state index in [9.17, 15) is 4.79 Å². The van der Waals surface area contributed by atoms with E-state index < -0.39 is 0 Å². The SMILES string of the molecule is Cc1cc(C)cc(Nc2nccc(-c3ccc4c(c3)NC(=O)CO4)n2)c1. The standard InChI is InChI=1S/C20H18N4O2/c1-12-7-13(2)9-15(8-12)22-20-21-6-5-16(24-20)14-3-4-18-17(10-14)23-19(25)11-26-18/h3-10H,11H2,1-2H3,(H,23,25)(H,21,22,24). The van der Waals surface area contributed by atoms with Crippen molar-refractivity contribution in [1.82, 2.24) is 9.97 Å². The van der Waals surface area contributed by atoms with Gasteiger partial charge in [0.25, 0.3) is 5.91 Å². The number of rotatable bonds is 3. The molecule has 1 aliphatic heterocycles. The first-order chi connectivity index (χ1) is 12.6. The van der Waals surface area contributed by atoms with Crippen molar-refractivity contribution in [3.63, 3.8) is 0 Å². The van der Waals surface area contributed by atoms with Crippen LogP contribution in [-0.2, 0) is 4.79 Å². The van der Waals surface area contributed by atoms with Gasteiger partial charge in [-0.25, -0.2) is 9.97 Å². The summed E-state index contributed by atoms with van der Waals surface area (Å²) in [5.41, 5.74) is 5.59. The summed E-state index contributed by atoms with van der Waals surface area (Å²) in [5, 5.41) is 6.06. The lowest BCUT2D eigenvalue weighted by Crippen LogP contribution is -2.25. The minimum absolute atomic E-state index is 0.0455. The van der Waals surface area contributed by atoms with Gasteiger partial charge in [-0.3, -0.25) is 4.79 Å². The minimum Gasteiger partial charge on any atom is -0.482 e. The van der Waals surface area contributed by atoms with Gasteiger partial charge in [0.15, 0.2) is 6.61 Å². The van der Waals surface area contributed by atoms with Gasteiger partial charge in [-0.05, 0) is 61.4 Å². The monoisotopic (exact) mass is 346 g/mol. The molecule has 1 aromatic heterocycles. The summed E-state index contributed by atoms with van der Waals surface area (Å²) in [6, 6.07) is 13.7. The smallest absolute Gasteiger partial charge is 0.262 e. The topological polar surface area (TPSA) is 76.1 Å². The molecule has 4 rings (SSSR count). The average Bonchev–Trinajstić information content (AvgIpc) is 2.60. The van der Waals surface area contributed by atoms with E-state index in [0.29, 0.717) is 17.4 Å². The predicted octanol–water partition coefficient (Wildman–Crippen LogP) is 3.83. The zero-order chi connectivity index (χ0) is 18.1. The lowest BCUT2D eigenvalue weighted by Gasteiger charge is -2.18. The maximum absolute atomic E-state index is 11.5. The van der Waals surface area contributed by atoms with Crippen LogP contribution >= 0.6 is 0 Å². The van der Waals surface area contributed by atoms with Crippen LogP contribution in [0.25, 0.3) is 11.3 Å². The van der Waals surface area contributed by atoms with Crippen molar-refractivity contribution in [2.45, 2.75) is 13.8 Å². The Morgan fingerprint density at radius 2 is 1.88 bits per heavy atom. The highest BCUT2D eigenvalue weighted by atomic mass is 16.5. The van der Waals surface area contributed by atoms with Gasteiger partial charge in [0.05, 0.1) is 11.4 Å². The Labute approximate surface area is 151 Å². The molecule has 0 radical (unpaired) electrons. The first kappa shape index (κ1) is 16.1. The first-order valence-electron chi connectivity index (χ1n) is 8.32. The number of anilines is 3. The van der Waals surface area contributed by atoms with Crippen molar-refractivity contribution in [3.05, 3.63) is 59.8 Å². The second-order valence-corrected chi connectivity index (χ2v) is 6.31. The molecule has 0 unspecified atom stereocenters. The average molecular weight is 346 g/mol. The Morgan fingerprint density at radius 3 is 2.69 bits per heavy atom. The molecule has 0 bridgehead atoms. The van der Waals surface area contributed by atoms with Crippen LogP contribution in [0.1, 0.15) is 11.1 Å². The molecule has 6 nitrogen and oxygen atoms in total. The summed E-state index contributed by atoms with van der Waals surface area (Å²) in [5.74, 6) is 1.02. The normalized spacial score (nSPS) is 12.8. The van der Waals surface area contributed by atoms with E-state index in [0.717, 1.165) is 16.9 Å². The quantitative estimate of drug-likeness (QED) is 0.754. The Balaban J connectivity index is 1.63. The number of ether oxygens (including phenoxy) is 1. The predicted molar refractivity (Wildman–Crippen MR) is 101 cm³/mol. The van der Waals surface area contributed by atoms with Crippen LogP contribution in [0.4, 0.5) is 17.3 Å². The van der Waals surface area contributed by atoms with E-state index in [4.69, 9.17) is 4.74 Å². The molecular weight excluding hydrogens is 328 g/mol. The maximum Gasteiger partial charge on any atom is 0.262 e. The molecule has 26 heavy (non-hydrogen) atoms. The van der Waals surface area contributed by atoms with Crippen molar-refractivity contribution < 1.29 is 9.53 Å². The van der Waals surface area contributed by atoms with Crippen LogP contribution in [0.15, 0.2) is 48.7 Å². The third kappa shape index (κ3) is 3.35. The van der Waals surface area contributed by atoms with E-state index >= 15 is 0 Å². The molecule has 0 saturated carbocycles. The van der Waals surface area contributed by atoms with Crippen molar-refractivity contribution in [1.29, 1.82) is 0 Å². The fourth-order valence-corrected chi connectivity index (χ4v) is 3.00. The van der Waals surface area contributed by atoms with Crippen LogP contribution in [0, 0.1) is 13.8 Å². The Morgan fingerprint density at radius 1 is 1.08 bits per heavy atom. The molecule has 3 aromatic rings. The lowest BCUT2D eigenvalue weighted by molar-refractivity contribution is -0.118. The molecule has 2 N–H and O–H groups in total. The molecule has 0 atom stereocenters. The summed E-state index contributed by atoms with van der Waals surface area (Å²) in [6.45, 7) is 4.15. The summed E-state index contributed by atoms with van der Waals surface area (Å²) in [7, 11) is 0. The Bertz CT molecular complexity index is 981. The third-order valence-corrected chi connectivity index (χ3v) is 4.04. The lowest BCUT2D eigenvalue weighted by atomic mass is 10.1. The van der Waals surface area contributed by atoms with Gasteiger partial charge in [0, 0.05) is 17.4 Å². The first-order valence-corrected chi connectivity index (χ1v) is 8.32. The number of fused-ring (bicyclic) bond motifs is 1. The maximum atomic E-state index is 11.5. The number of hydrogen-bond donors (Lipinski definition) is 2. The van der Waals surface area contributed by atoms with Crippen LogP contribution < -0.4 is 15.4 Å². The largest absolute Gasteiger partial charge is 0.482 e. The molecule has 1 aliphatic rings. The number of carbonyl (C=O) groups is 1. The molecule has 2 heterocycles. The van der Waals surface area contributed by atoms with Gasteiger partial charge in [0.2, 0.25) is 5.95 Å². The summed E-state index contributed by atoms with van der Waals surface area (Å²) >= 11 is 0. The Hall–Kier alpha value is -3.41. The number of nitrogens with zero attached hydrogens (tertiary/aromatic N) is 2. The highest BCUT2D eigenvalue weighted by molar-refractivity contribution is 5.96. The van der Waals surface area contributed by atoms with E-state index in [-0.39, 0.29) is 12.5 Å². The molecule has 130 valence electrons. The van der Waals surface area contributed by atoms with Crippen LogP contribution in [-0.4, -0.2) is 22.5 Å². The van der Waals surface area contributed by atoms with E-state index in [1.54, 1.807) is 6.20 Å². The van der Waals surface area contributed by atoms with Crippen molar-refractivity contribution in [3.8, 4) is 17.0 Å². The number of carbonyl (C=O) groups excluding carboxylic acids is 1. The van der Waals surface area contributed by atoms with Gasteiger partial charge in [0.1, 0.15) is 5.75 Å². The molecule has 6 heteroatoms. The number of nitrogens with one attached hydrogen (secondary N) is 2. The van der Waals surface area contributed by atoms with E-state index in [2.05, 4.69) is 52.6 Å². The highest BCUT2D eigenvalue weighted by Crippen LogP contribution is 2.32. The summed E-state index contributed by atoms with van der Waals surface area (Å²) in [6.07, 6.45) is 1.71. The zero-order valence-corrected chi connectivity index (χ0v) is 14.5. The van der Waals surface area contributed by atoms with Crippen LogP contribution in [0.3, 0.4) is 0 Å². The Kier molecular flexibility index (Phi) is 4.01. The second-order valence-electron chi connectivity index (χ2n) is 6.31. The third-order valence-electron chi connectivity index (χ3n) is 4.04. The zero-order valence-electron chi connectivity index (χ0n) is 14.5. The van der Waals surface area contributed by atoms with Crippen LogP contribution in [0.2, 0.25) is 0 Å². The minimum atomic E-state index is -0.158. The number of aromatic nitrogens is 2. The van der Waals surface area contributed by atoms with Crippen LogP contribution in [0.5, 0.6) is 5.75 Å². The summed E-state index contributed by atoms with van der Waals surface area (Å²) < 4.78 is 5.39. The molecule has 1 amide bonds. The fourth-order valence-electron chi connectivity index (χ4n) is 3.00. The van der Waals surface area contributed by atoms with Gasteiger partial charge in [-0.1, -0.05) is 6.07 Å². The molecule has 2 aromatic carbocycles. The number of aryl methyl sites for hydroxylation is 2. The van der Waals surface area contributed by atoms with Gasteiger partial charge < -0.3 is 15.4 Å². The van der Waals surface area contributed by atoms with Gasteiger partial charge >= 0.3 is 0 Å². The van der Waals surface area contributed by atoms with Crippen molar-refractivity contribution in [2.75, 3.05) is 17.2 Å². The van der Waals surface area contributed by atoms with Gasteiger partial charge in [-0.2, -0.15) is 0 Å². The molecular formula is C20H18N4O2. The van der Waals surface area contributed by atoms with Gasteiger partial charge in [-0.15, -0.1) is 0 Å². The fraction of sp³-hybridized carbons (Fsp3) is 0.150. The van der Waals surface area contributed by atoms with Crippen molar-refractivity contribution in [2.24, 2.45) is 0 Å². The highest BCUT2D eigenvalue weighted by Gasteiger charge is 2.16. The van der Waals surface area contributed by atoms with E-state index in [1.165, 1.54) is 11.1 Å². The molecule has 0 aliphatic carbocycles. The number of hydrogen-bond acceptors (Lipinski definition) is 5. The second kappa shape index (κ2) is 6.48. The molecule has 0 fully saturated rings. The molecule has 0 saturated heterocycles. The summed E-state index contributed by atoms with van der Waals surface area (Å²) in [4.78, 5) is 20.4. The van der Waals surface area contributed by atoms with E-state index in [1.807, 2.05) is 24.3 Å². The number of benzene rings is 2. The number of amides is 1. The molecule has 0 spiro atoms. The van der Waals surface area contributed by atoms with Crippen molar-refractivity contribution >= 4 is 23.2 Å².